The highest BCUT2D eigenvalue weighted by molar-refractivity contribution is 6.05. The number of aromatic nitrogens is 2. The van der Waals surface area contributed by atoms with Gasteiger partial charge >= 0.3 is 0 Å². The van der Waals surface area contributed by atoms with Crippen molar-refractivity contribution in [3.05, 3.63) is 53.9 Å². The molecule has 3 rings (SSSR count). The van der Waals surface area contributed by atoms with Gasteiger partial charge in [0, 0.05) is 17.3 Å². The molecule has 1 amide bonds. The molecule has 0 atom stereocenters. The molecule has 6 heteroatoms. The standard InChI is InChI=1S/C15H11N3O3/c19-8-12-6-9-5-10(7-16-14(9)17-12)15(21)18-11-1-3-13(20)4-2-11/h1-8,20H,(H,16,17)(H,18,21). The molecule has 0 saturated carbocycles. The van der Waals surface area contributed by atoms with E-state index in [0.717, 1.165) is 0 Å². The lowest BCUT2D eigenvalue weighted by Crippen LogP contribution is -2.11. The van der Waals surface area contributed by atoms with E-state index in [-0.39, 0.29) is 11.7 Å². The Morgan fingerprint density at radius 2 is 2.00 bits per heavy atom. The summed E-state index contributed by atoms with van der Waals surface area (Å²) in [6, 6.07) is 9.45. The van der Waals surface area contributed by atoms with Gasteiger partial charge < -0.3 is 15.4 Å². The highest BCUT2D eigenvalue weighted by atomic mass is 16.3. The average molecular weight is 281 g/mol. The van der Waals surface area contributed by atoms with Gasteiger partial charge in [0.15, 0.2) is 6.29 Å². The van der Waals surface area contributed by atoms with Crippen LogP contribution in [0.4, 0.5) is 5.69 Å². The number of hydrogen-bond acceptors (Lipinski definition) is 4. The number of hydrogen-bond donors (Lipinski definition) is 3. The molecule has 6 nitrogen and oxygen atoms in total. The number of rotatable bonds is 3. The van der Waals surface area contributed by atoms with E-state index in [9.17, 15) is 14.7 Å². The van der Waals surface area contributed by atoms with Gasteiger partial charge in [0.2, 0.25) is 0 Å². The van der Waals surface area contributed by atoms with Crippen molar-refractivity contribution in [3.63, 3.8) is 0 Å². The number of H-pyrrole nitrogens is 1. The van der Waals surface area contributed by atoms with Crippen LogP contribution >= 0.6 is 0 Å². The highest BCUT2D eigenvalue weighted by Crippen LogP contribution is 2.17. The minimum atomic E-state index is -0.316. The molecule has 0 aliphatic carbocycles. The van der Waals surface area contributed by atoms with Crippen LogP contribution in [0.25, 0.3) is 11.0 Å². The zero-order chi connectivity index (χ0) is 14.8. The van der Waals surface area contributed by atoms with Crippen molar-refractivity contribution in [2.45, 2.75) is 0 Å². The van der Waals surface area contributed by atoms with E-state index < -0.39 is 0 Å². The summed E-state index contributed by atoms with van der Waals surface area (Å²) in [5.74, 6) is -0.186. The number of nitrogens with zero attached hydrogens (tertiary/aromatic N) is 1. The van der Waals surface area contributed by atoms with Gasteiger partial charge in [-0.2, -0.15) is 0 Å². The molecular weight excluding hydrogens is 270 g/mol. The molecule has 0 radical (unpaired) electrons. The van der Waals surface area contributed by atoms with Crippen molar-refractivity contribution in [2.24, 2.45) is 0 Å². The molecular formula is C15H11N3O3. The maximum Gasteiger partial charge on any atom is 0.257 e. The first-order valence-corrected chi connectivity index (χ1v) is 6.20. The van der Waals surface area contributed by atoms with Crippen LogP contribution in [0, 0.1) is 0 Å². The predicted octanol–water partition coefficient (Wildman–Crippen LogP) is 2.33. The Bertz CT molecular complexity index is 822. The number of benzene rings is 1. The second-order valence-corrected chi connectivity index (χ2v) is 4.51. The number of fused-ring (bicyclic) bond motifs is 1. The number of nitrogens with one attached hydrogen (secondary N) is 2. The van der Waals surface area contributed by atoms with Crippen molar-refractivity contribution in [2.75, 3.05) is 5.32 Å². The molecule has 1 aromatic carbocycles. The Morgan fingerprint density at radius 1 is 1.24 bits per heavy atom. The highest BCUT2D eigenvalue weighted by Gasteiger charge is 2.09. The first-order valence-electron chi connectivity index (χ1n) is 6.20. The largest absolute Gasteiger partial charge is 0.508 e. The lowest BCUT2D eigenvalue weighted by molar-refractivity contribution is 0.102. The van der Waals surface area contributed by atoms with Crippen molar-refractivity contribution >= 4 is 28.9 Å². The van der Waals surface area contributed by atoms with Gasteiger partial charge in [-0.25, -0.2) is 4.98 Å². The second kappa shape index (κ2) is 5.09. The molecule has 104 valence electrons. The average Bonchev–Trinajstić information content (AvgIpc) is 2.91. The molecule has 2 heterocycles. The van der Waals surface area contributed by atoms with Crippen molar-refractivity contribution in [3.8, 4) is 5.75 Å². The molecule has 0 aliphatic rings. The van der Waals surface area contributed by atoms with Gasteiger partial charge in [-0.05, 0) is 36.4 Å². The molecule has 0 fully saturated rings. The van der Waals surface area contributed by atoms with Gasteiger partial charge in [-0.1, -0.05) is 0 Å². The van der Waals surface area contributed by atoms with Crippen LogP contribution in [0.1, 0.15) is 20.8 Å². The fourth-order valence-electron chi connectivity index (χ4n) is 1.97. The Labute approximate surface area is 119 Å². The van der Waals surface area contributed by atoms with E-state index in [1.165, 1.54) is 18.3 Å². The fraction of sp³-hybridized carbons (Fsp3) is 0. The first kappa shape index (κ1) is 12.9. The molecule has 2 aromatic heterocycles. The molecule has 3 N–H and O–H groups in total. The van der Waals surface area contributed by atoms with Crippen LogP contribution < -0.4 is 5.32 Å². The lowest BCUT2D eigenvalue weighted by Gasteiger charge is -2.05. The molecule has 0 bridgehead atoms. The Balaban J connectivity index is 1.86. The number of pyridine rings is 1. The van der Waals surface area contributed by atoms with Crippen molar-refractivity contribution in [1.29, 1.82) is 0 Å². The van der Waals surface area contributed by atoms with Crippen LogP contribution in [0.2, 0.25) is 0 Å². The lowest BCUT2D eigenvalue weighted by atomic mass is 10.2. The van der Waals surface area contributed by atoms with E-state index in [0.29, 0.717) is 34.3 Å². The minimum Gasteiger partial charge on any atom is -0.508 e. The first-order chi connectivity index (χ1) is 10.2. The van der Waals surface area contributed by atoms with Crippen LogP contribution in [0.15, 0.2) is 42.6 Å². The van der Waals surface area contributed by atoms with E-state index in [1.54, 1.807) is 24.3 Å². The summed E-state index contributed by atoms with van der Waals surface area (Å²) >= 11 is 0. The van der Waals surface area contributed by atoms with Crippen molar-refractivity contribution in [1.82, 2.24) is 9.97 Å². The van der Waals surface area contributed by atoms with Crippen molar-refractivity contribution < 1.29 is 14.7 Å². The van der Waals surface area contributed by atoms with Crippen LogP contribution in [0.5, 0.6) is 5.75 Å². The fourth-order valence-corrected chi connectivity index (χ4v) is 1.97. The summed E-state index contributed by atoms with van der Waals surface area (Å²) in [5, 5.41) is 12.6. The summed E-state index contributed by atoms with van der Waals surface area (Å²) < 4.78 is 0. The predicted molar refractivity (Wildman–Crippen MR) is 77.5 cm³/mol. The van der Waals surface area contributed by atoms with E-state index in [4.69, 9.17) is 0 Å². The summed E-state index contributed by atoms with van der Waals surface area (Å²) in [4.78, 5) is 29.8. The Kier molecular flexibility index (Phi) is 3.12. The minimum absolute atomic E-state index is 0.129. The quantitative estimate of drug-likeness (QED) is 0.507. The summed E-state index contributed by atoms with van der Waals surface area (Å²) in [6.07, 6.45) is 2.13. The van der Waals surface area contributed by atoms with E-state index in [2.05, 4.69) is 15.3 Å². The number of phenolic OH excluding ortho intramolecular Hbond substituents is 1. The zero-order valence-corrected chi connectivity index (χ0v) is 10.8. The third-order valence-corrected chi connectivity index (χ3v) is 3.01. The normalized spacial score (nSPS) is 10.5. The van der Waals surface area contributed by atoms with Gasteiger partial charge in [-0.15, -0.1) is 0 Å². The number of aldehydes is 1. The molecule has 0 saturated heterocycles. The zero-order valence-electron chi connectivity index (χ0n) is 10.8. The Morgan fingerprint density at radius 3 is 2.71 bits per heavy atom. The number of aromatic amines is 1. The third-order valence-electron chi connectivity index (χ3n) is 3.01. The summed E-state index contributed by atoms with van der Waals surface area (Å²) in [6.45, 7) is 0. The van der Waals surface area contributed by atoms with E-state index in [1.807, 2.05) is 0 Å². The van der Waals surface area contributed by atoms with Gasteiger partial charge in [0.05, 0.1) is 11.3 Å². The van der Waals surface area contributed by atoms with Gasteiger partial charge in [0.1, 0.15) is 11.4 Å². The number of aromatic hydroxyl groups is 1. The van der Waals surface area contributed by atoms with Gasteiger partial charge in [-0.3, -0.25) is 9.59 Å². The maximum atomic E-state index is 12.1. The second-order valence-electron chi connectivity index (χ2n) is 4.51. The molecule has 0 aliphatic heterocycles. The van der Waals surface area contributed by atoms with E-state index >= 15 is 0 Å². The Hall–Kier alpha value is -3.15. The van der Waals surface area contributed by atoms with Gasteiger partial charge in [0.25, 0.3) is 5.91 Å². The molecule has 0 unspecified atom stereocenters. The topological polar surface area (TPSA) is 95.1 Å². The smallest absolute Gasteiger partial charge is 0.257 e. The molecule has 3 aromatic rings. The SMILES string of the molecule is O=Cc1cc2cc(C(=O)Nc3ccc(O)cc3)cnc2[nH]1. The summed E-state index contributed by atoms with van der Waals surface area (Å²) in [7, 11) is 0. The maximum absolute atomic E-state index is 12.1. The molecule has 0 spiro atoms. The van der Waals surface area contributed by atoms with Crippen LogP contribution in [-0.2, 0) is 0 Å². The number of carbonyl (C=O) groups excluding carboxylic acids is 2. The number of amides is 1. The number of carbonyl (C=O) groups is 2. The molecule has 21 heavy (non-hydrogen) atoms. The number of anilines is 1. The monoisotopic (exact) mass is 281 g/mol. The van der Waals surface area contributed by atoms with Crippen LogP contribution in [-0.4, -0.2) is 27.3 Å². The van der Waals surface area contributed by atoms with Crippen LogP contribution in [0.3, 0.4) is 0 Å². The third kappa shape index (κ3) is 2.59. The number of phenols is 1. The summed E-state index contributed by atoms with van der Waals surface area (Å²) in [5.41, 5.74) is 1.92.